The summed E-state index contributed by atoms with van der Waals surface area (Å²) in [6, 6.07) is 6.54. The van der Waals surface area contributed by atoms with E-state index >= 15 is 0 Å². The van der Waals surface area contributed by atoms with E-state index in [0.717, 1.165) is 5.56 Å². The molecule has 1 aromatic heterocycles. The molecule has 90 valence electrons. The second-order valence-electron chi connectivity index (χ2n) is 3.85. The van der Waals surface area contributed by atoms with Gasteiger partial charge in [0, 0.05) is 6.04 Å². The van der Waals surface area contributed by atoms with Gasteiger partial charge >= 0.3 is 0 Å². The minimum atomic E-state index is -0.225. The van der Waals surface area contributed by atoms with Crippen LogP contribution < -0.4 is 5.32 Å². The van der Waals surface area contributed by atoms with Crippen molar-refractivity contribution in [1.82, 2.24) is 25.5 Å². The molecular formula is C11H14FN5. The molecule has 1 atom stereocenters. The fourth-order valence-corrected chi connectivity index (χ4v) is 1.51. The molecule has 1 unspecified atom stereocenters. The van der Waals surface area contributed by atoms with E-state index in [-0.39, 0.29) is 11.9 Å². The highest BCUT2D eigenvalue weighted by Gasteiger charge is 2.07. The lowest BCUT2D eigenvalue weighted by Crippen LogP contribution is -2.19. The Labute approximate surface area is 98.6 Å². The van der Waals surface area contributed by atoms with Crippen LogP contribution in [0.25, 0.3) is 0 Å². The number of hydrogen-bond donors (Lipinski definition) is 1. The number of benzene rings is 1. The average molecular weight is 235 g/mol. The molecule has 0 aliphatic rings. The Balaban J connectivity index is 1.93. The van der Waals surface area contributed by atoms with Gasteiger partial charge in [0.2, 0.25) is 0 Å². The third-order valence-electron chi connectivity index (χ3n) is 2.49. The van der Waals surface area contributed by atoms with Gasteiger partial charge < -0.3 is 5.32 Å². The van der Waals surface area contributed by atoms with E-state index in [1.54, 1.807) is 19.2 Å². The maximum absolute atomic E-state index is 12.8. The van der Waals surface area contributed by atoms with Crippen molar-refractivity contribution in [2.45, 2.75) is 19.5 Å². The zero-order valence-electron chi connectivity index (χ0n) is 9.76. The summed E-state index contributed by atoms with van der Waals surface area (Å²) in [7, 11) is 1.72. The molecule has 17 heavy (non-hydrogen) atoms. The molecule has 5 nitrogen and oxygen atoms in total. The van der Waals surface area contributed by atoms with Crippen molar-refractivity contribution >= 4 is 0 Å². The van der Waals surface area contributed by atoms with Gasteiger partial charge in [-0.3, -0.25) is 0 Å². The zero-order valence-corrected chi connectivity index (χ0v) is 9.76. The molecule has 6 heteroatoms. The van der Waals surface area contributed by atoms with Crippen molar-refractivity contribution in [3.8, 4) is 0 Å². The van der Waals surface area contributed by atoms with Crippen molar-refractivity contribution < 1.29 is 4.39 Å². The standard InChI is InChI=1S/C11H14FN5/c1-8(9-3-5-10(12)6-4-9)13-7-11-14-16-17(2)15-11/h3-6,8,13H,7H2,1-2H3. The monoisotopic (exact) mass is 235 g/mol. The number of nitrogens with one attached hydrogen (secondary N) is 1. The van der Waals surface area contributed by atoms with Gasteiger partial charge in [0.1, 0.15) is 5.82 Å². The van der Waals surface area contributed by atoms with E-state index in [1.807, 2.05) is 6.92 Å². The van der Waals surface area contributed by atoms with Crippen LogP contribution in [0.4, 0.5) is 4.39 Å². The van der Waals surface area contributed by atoms with Crippen molar-refractivity contribution in [2.75, 3.05) is 0 Å². The van der Waals surface area contributed by atoms with Crippen LogP contribution in [0.2, 0.25) is 0 Å². The molecule has 0 aliphatic carbocycles. The molecule has 0 radical (unpaired) electrons. The highest BCUT2D eigenvalue weighted by molar-refractivity contribution is 5.19. The summed E-state index contributed by atoms with van der Waals surface area (Å²) < 4.78 is 12.8. The minimum Gasteiger partial charge on any atom is -0.303 e. The molecule has 0 fully saturated rings. The topological polar surface area (TPSA) is 55.6 Å². The lowest BCUT2D eigenvalue weighted by molar-refractivity contribution is 0.553. The summed E-state index contributed by atoms with van der Waals surface area (Å²) >= 11 is 0. The fourth-order valence-electron chi connectivity index (χ4n) is 1.51. The van der Waals surface area contributed by atoms with Gasteiger partial charge in [0.05, 0.1) is 13.6 Å². The fraction of sp³-hybridized carbons (Fsp3) is 0.364. The van der Waals surface area contributed by atoms with Crippen molar-refractivity contribution in [3.63, 3.8) is 0 Å². The highest BCUT2D eigenvalue weighted by atomic mass is 19.1. The second-order valence-corrected chi connectivity index (χ2v) is 3.85. The van der Waals surface area contributed by atoms with Gasteiger partial charge in [-0.15, -0.1) is 10.2 Å². The molecule has 0 spiro atoms. The van der Waals surface area contributed by atoms with E-state index in [2.05, 4.69) is 20.7 Å². The van der Waals surface area contributed by atoms with Gasteiger partial charge in [0.15, 0.2) is 5.82 Å². The van der Waals surface area contributed by atoms with Crippen molar-refractivity contribution in [1.29, 1.82) is 0 Å². The van der Waals surface area contributed by atoms with Crippen LogP contribution in [0, 0.1) is 5.82 Å². The molecule has 0 saturated carbocycles. The number of halogens is 1. The van der Waals surface area contributed by atoms with Crippen LogP contribution in [0.1, 0.15) is 24.4 Å². The lowest BCUT2D eigenvalue weighted by atomic mass is 10.1. The molecule has 0 bridgehead atoms. The first-order valence-corrected chi connectivity index (χ1v) is 5.37. The molecule has 0 amide bonds. The van der Waals surface area contributed by atoms with Crippen molar-refractivity contribution in [2.24, 2.45) is 7.05 Å². The summed E-state index contributed by atoms with van der Waals surface area (Å²) in [4.78, 5) is 1.42. The predicted molar refractivity (Wildman–Crippen MR) is 60.5 cm³/mol. The summed E-state index contributed by atoms with van der Waals surface area (Å²) in [6.45, 7) is 2.54. The number of nitrogens with zero attached hydrogens (tertiary/aromatic N) is 4. The molecule has 1 N–H and O–H groups in total. The minimum absolute atomic E-state index is 0.111. The van der Waals surface area contributed by atoms with Crippen LogP contribution in [0.5, 0.6) is 0 Å². The molecule has 0 saturated heterocycles. The highest BCUT2D eigenvalue weighted by Crippen LogP contribution is 2.12. The average Bonchev–Trinajstić information content (AvgIpc) is 2.73. The van der Waals surface area contributed by atoms with Crippen LogP contribution in [-0.2, 0) is 13.6 Å². The number of tetrazole rings is 1. The van der Waals surface area contributed by atoms with Crippen LogP contribution in [-0.4, -0.2) is 20.2 Å². The summed E-state index contributed by atoms with van der Waals surface area (Å²) in [5.74, 6) is 0.415. The van der Waals surface area contributed by atoms with Gasteiger partial charge in [0.25, 0.3) is 0 Å². The third-order valence-corrected chi connectivity index (χ3v) is 2.49. The number of aryl methyl sites for hydroxylation is 1. The Kier molecular flexibility index (Phi) is 3.43. The summed E-state index contributed by atoms with van der Waals surface area (Å²) in [6.07, 6.45) is 0. The van der Waals surface area contributed by atoms with E-state index in [4.69, 9.17) is 0 Å². The zero-order chi connectivity index (χ0) is 12.3. The van der Waals surface area contributed by atoms with E-state index in [9.17, 15) is 4.39 Å². The second kappa shape index (κ2) is 5.01. The molecule has 1 aromatic carbocycles. The molecule has 1 heterocycles. The van der Waals surface area contributed by atoms with Gasteiger partial charge in [-0.1, -0.05) is 12.1 Å². The number of aromatic nitrogens is 4. The maximum atomic E-state index is 12.8. The van der Waals surface area contributed by atoms with Crippen LogP contribution >= 0.6 is 0 Å². The van der Waals surface area contributed by atoms with Crippen LogP contribution in [0.3, 0.4) is 0 Å². The quantitative estimate of drug-likeness (QED) is 0.865. The Hall–Kier alpha value is -1.82. The first kappa shape index (κ1) is 11.7. The lowest BCUT2D eigenvalue weighted by Gasteiger charge is -2.12. The Morgan fingerprint density at radius 2 is 2.06 bits per heavy atom. The molecule has 0 aliphatic heterocycles. The third kappa shape index (κ3) is 3.07. The molecular weight excluding hydrogens is 221 g/mol. The first-order chi connectivity index (χ1) is 8.15. The van der Waals surface area contributed by atoms with E-state index < -0.39 is 0 Å². The molecule has 2 aromatic rings. The number of rotatable bonds is 4. The molecule has 2 rings (SSSR count). The SMILES string of the molecule is CC(NCc1nnn(C)n1)c1ccc(F)cc1. The smallest absolute Gasteiger partial charge is 0.188 e. The van der Waals surface area contributed by atoms with E-state index in [1.165, 1.54) is 16.9 Å². The predicted octanol–water partition coefficient (Wildman–Crippen LogP) is 1.20. The van der Waals surface area contributed by atoms with Crippen LogP contribution in [0.15, 0.2) is 24.3 Å². The Morgan fingerprint density at radius 1 is 1.35 bits per heavy atom. The number of hydrogen-bond acceptors (Lipinski definition) is 4. The van der Waals surface area contributed by atoms with Gasteiger partial charge in [-0.05, 0) is 29.8 Å². The Morgan fingerprint density at radius 3 is 2.65 bits per heavy atom. The normalized spacial score (nSPS) is 12.6. The first-order valence-electron chi connectivity index (χ1n) is 5.37. The maximum Gasteiger partial charge on any atom is 0.188 e. The van der Waals surface area contributed by atoms with Crippen molar-refractivity contribution in [3.05, 3.63) is 41.5 Å². The summed E-state index contributed by atoms with van der Waals surface area (Å²) in [5.41, 5.74) is 1.02. The Bertz CT molecular complexity index is 479. The largest absolute Gasteiger partial charge is 0.303 e. The van der Waals surface area contributed by atoms with E-state index in [0.29, 0.717) is 12.4 Å². The van der Waals surface area contributed by atoms with Gasteiger partial charge in [-0.2, -0.15) is 4.80 Å². The van der Waals surface area contributed by atoms with Gasteiger partial charge in [-0.25, -0.2) is 4.39 Å². The summed E-state index contributed by atoms with van der Waals surface area (Å²) in [5, 5.41) is 14.9.